The minimum Gasteiger partial charge on any atom is -0.464 e. The first-order chi connectivity index (χ1) is 24.2. The van der Waals surface area contributed by atoms with Crippen molar-refractivity contribution in [3.05, 3.63) is 146 Å². The highest BCUT2D eigenvalue weighted by molar-refractivity contribution is 6.22. The van der Waals surface area contributed by atoms with E-state index in [2.05, 4.69) is 0 Å². The van der Waals surface area contributed by atoms with Crippen LogP contribution in [0.2, 0.25) is 0 Å². The Balaban J connectivity index is 1.40. The Kier molecular flexibility index (Phi) is 3.54. The van der Waals surface area contributed by atoms with Crippen molar-refractivity contribution in [1.29, 1.82) is 0 Å². The van der Waals surface area contributed by atoms with Gasteiger partial charge < -0.3 is 8.83 Å². The quantitative estimate of drug-likeness (QED) is 0.207. The number of para-hydroxylation sites is 1. The molecule has 0 aliphatic rings. The molecule has 9 aromatic rings. The number of hydrogen-bond acceptors (Lipinski definition) is 2. The van der Waals surface area contributed by atoms with E-state index in [9.17, 15) is 0 Å². The number of hydrogen-bond donors (Lipinski definition) is 0. The lowest BCUT2D eigenvalue weighted by atomic mass is 9.85. The van der Waals surface area contributed by atoms with E-state index in [1.165, 1.54) is 0 Å². The van der Waals surface area contributed by atoms with E-state index in [-0.39, 0.29) is 45.7 Å². The molecule has 0 bridgehead atoms. The average molecular weight is 545 g/mol. The van der Waals surface area contributed by atoms with Crippen LogP contribution < -0.4 is 0 Å². The van der Waals surface area contributed by atoms with Crippen LogP contribution in [0.25, 0.3) is 87.8 Å². The van der Waals surface area contributed by atoms with Crippen molar-refractivity contribution in [2.24, 2.45) is 0 Å². The Labute approximate surface area is 253 Å². The van der Waals surface area contributed by atoms with E-state index in [0.29, 0.717) is 27.8 Å². The van der Waals surface area contributed by atoms with Gasteiger partial charge in [0.2, 0.25) is 0 Å². The molecule has 0 saturated carbocycles. The maximum absolute atomic E-state index is 9.15. The molecule has 0 aliphatic carbocycles. The summed E-state index contributed by atoms with van der Waals surface area (Å²) in [6, 6.07) is 25.2. The molecule has 42 heavy (non-hydrogen) atoms. The fourth-order valence-corrected chi connectivity index (χ4v) is 6.16. The van der Waals surface area contributed by atoms with Gasteiger partial charge in [-0.05, 0) is 67.6 Å². The largest absolute Gasteiger partial charge is 0.464 e. The van der Waals surface area contributed by atoms with Crippen molar-refractivity contribution >= 4 is 54.5 Å². The average Bonchev–Trinajstić information content (AvgIpc) is 3.78. The lowest BCUT2D eigenvalue weighted by Crippen LogP contribution is -1.90. The summed E-state index contributed by atoms with van der Waals surface area (Å²) in [5.41, 5.74) is 5.50. The zero-order valence-electron chi connectivity index (χ0n) is 30.1. The Morgan fingerprint density at radius 3 is 1.74 bits per heavy atom. The Bertz CT molecular complexity index is 2810. The highest BCUT2D eigenvalue weighted by Gasteiger charge is 2.19. The lowest BCUT2D eigenvalue weighted by Gasteiger charge is -2.18. The normalized spacial score (nSPS) is 14.5. The Morgan fingerprint density at radius 2 is 1.07 bits per heavy atom. The van der Waals surface area contributed by atoms with Crippen molar-refractivity contribution in [1.82, 2.24) is 0 Å². The van der Waals surface area contributed by atoms with Gasteiger partial charge in [-0.15, -0.1) is 0 Å². The topological polar surface area (TPSA) is 26.3 Å². The van der Waals surface area contributed by atoms with Crippen LogP contribution in [0.15, 0.2) is 154 Å². The van der Waals surface area contributed by atoms with Crippen molar-refractivity contribution in [2.45, 2.75) is 0 Å². The molecule has 0 fully saturated rings. The zero-order valence-corrected chi connectivity index (χ0v) is 22.1. The van der Waals surface area contributed by atoms with Crippen molar-refractivity contribution in [2.75, 3.05) is 0 Å². The molecule has 0 amide bonds. The van der Waals surface area contributed by atoms with E-state index in [1.54, 1.807) is 30.5 Å². The minimum atomic E-state index is -0.430. The van der Waals surface area contributed by atoms with Gasteiger partial charge in [-0.1, -0.05) is 121 Å². The lowest BCUT2D eigenvalue weighted by molar-refractivity contribution is 0.618. The standard InChI is InChI=1S/C40H24O2/c1-2-10-26(11-3-1)36-29-12-4-6-14-31(29)37(32-15-7-5-13-30(32)36)27-20-18-25(19-21-27)34-24-28-22-23-41-39(28)38-33-16-8-9-17-35(33)42-40(34)38/h1-24H/i4D,5D,6D,7D,12D,13D,14D,15D. The second-order valence-electron chi connectivity index (χ2n) is 10.3. The first-order valence-electron chi connectivity index (χ1n) is 17.6. The third-order valence-corrected chi connectivity index (χ3v) is 7.98. The van der Waals surface area contributed by atoms with Gasteiger partial charge in [0.1, 0.15) is 16.7 Å². The van der Waals surface area contributed by atoms with Gasteiger partial charge in [0.25, 0.3) is 0 Å². The number of furan rings is 2. The van der Waals surface area contributed by atoms with Gasteiger partial charge in [0.05, 0.1) is 22.6 Å². The fraction of sp³-hybridized carbons (Fsp3) is 0. The van der Waals surface area contributed by atoms with E-state index in [1.807, 2.05) is 66.7 Å². The summed E-state index contributed by atoms with van der Waals surface area (Å²) in [6.07, 6.45) is 1.65. The molecule has 0 unspecified atom stereocenters. The Morgan fingerprint density at radius 1 is 0.500 bits per heavy atom. The monoisotopic (exact) mass is 544 g/mol. The molecule has 9 rings (SSSR count). The highest BCUT2D eigenvalue weighted by Crippen LogP contribution is 2.45. The maximum atomic E-state index is 9.15. The third kappa shape index (κ3) is 3.33. The van der Waals surface area contributed by atoms with E-state index in [4.69, 9.17) is 19.8 Å². The molecule has 0 aliphatic heterocycles. The predicted molar refractivity (Wildman–Crippen MR) is 175 cm³/mol. The Hall–Kier alpha value is -5.60. The van der Waals surface area contributed by atoms with Gasteiger partial charge in [-0.2, -0.15) is 0 Å². The molecule has 7 aromatic carbocycles. The van der Waals surface area contributed by atoms with Gasteiger partial charge in [-0.25, -0.2) is 0 Å². The molecular weight excluding hydrogens is 512 g/mol. The summed E-state index contributed by atoms with van der Waals surface area (Å²) in [6.45, 7) is 0. The molecule has 0 atom stereocenters. The minimum absolute atomic E-state index is 0.180. The molecule has 2 aromatic heterocycles. The van der Waals surface area contributed by atoms with Gasteiger partial charge in [0.15, 0.2) is 0 Å². The number of fused-ring (bicyclic) bond motifs is 7. The van der Waals surface area contributed by atoms with E-state index >= 15 is 0 Å². The second kappa shape index (κ2) is 8.95. The van der Waals surface area contributed by atoms with Crippen molar-refractivity contribution < 1.29 is 19.8 Å². The van der Waals surface area contributed by atoms with Gasteiger partial charge in [-0.3, -0.25) is 0 Å². The third-order valence-electron chi connectivity index (χ3n) is 7.98. The summed E-state index contributed by atoms with van der Waals surface area (Å²) in [4.78, 5) is 0. The smallest absolute Gasteiger partial charge is 0.147 e. The fourth-order valence-electron chi connectivity index (χ4n) is 6.16. The molecule has 196 valence electrons. The predicted octanol–water partition coefficient (Wildman–Crippen LogP) is 11.6. The van der Waals surface area contributed by atoms with Crippen molar-refractivity contribution in [3.63, 3.8) is 0 Å². The van der Waals surface area contributed by atoms with Crippen LogP contribution in [0.3, 0.4) is 0 Å². The molecule has 0 N–H and O–H groups in total. The van der Waals surface area contributed by atoms with Crippen LogP contribution in [0, 0.1) is 0 Å². The molecule has 2 nitrogen and oxygen atoms in total. The van der Waals surface area contributed by atoms with Crippen LogP contribution >= 0.6 is 0 Å². The molecule has 2 heteroatoms. The number of benzene rings is 7. The van der Waals surface area contributed by atoms with Crippen molar-refractivity contribution in [3.8, 4) is 33.4 Å². The van der Waals surface area contributed by atoms with Gasteiger partial charge in [0, 0.05) is 16.3 Å². The zero-order chi connectivity index (χ0) is 34.6. The molecule has 0 spiro atoms. The molecule has 0 radical (unpaired) electrons. The van der Waals surface area contributed by atoms with Crippen LogP contribution in [0.4, 0.5) is 0 Å². The van der Waals surface area contributed by atoms with Crippen LogP contribution in [-0.4, -0.2) is 0 Å². The SMILES string of the molecule is [2H]c1c([2H])c([2H])c2c(-c3ccc(-c4cc5ccoc5c5c4oc4ccccc45)cc3)c3c([2H])c([2H])c([2H])c([2H])c3c(-c3ccccc3)c2c1[2H]. The van der Waals surface area contributed by atoms with E-state index < -0.39 is 24.2 Å². The summed E-state index contributed by atoms with van der Waals surface area (Å²) in [7, 11) is 0. The van der Waals surface area contributed by atoms with E-state index in [0.717, 1.165) is 38.5 Å². The maximum Gasteiger partial charge on any atom is 0.147 e. The molecule has 2 heterocycles. The summed E-state index contributed by atoms with van der Waals surface area (Å²) < 4.78 is 83.2. The van der Waals surface area contributed by atoms with Gasteiger partial charge >= 0.3 is 0 Å². The highest BCUT2D eigenvalue weighted by atomic mass is 16.3. The summed E-state index contributed by atoms with van der Waals surface area (Å²) in [5, 5.41) is 3.44. The summed E-state index contributed by atoms with van der Waals surface area (Å²) >= 11 is 0. The molecule has 0 saturated heterocycles. The first-order valence-corrected chi connectivity index (χ1v) is 13.6. The summed E-state index contributed by atoms with van der Waals surface area (Å²) in [5.74, 6) is 0. The second-order valence-corrected chi connectivity index (χ2v) is 10.3. The van der Waals surface area contributed by atoms with Crippen LogP contribution in [-0.2, 0) is 0 Å². The first kappa shape index (κ1) is 16.6. The molecular formula is C40H24O2. The number of rotatable bonds is 3. The van der Waals surface area contributed by atoms with Crippen LogP contribution in [0.1, 0.15) is 11.0 Å². The van der Waals surface area contributed by atoms with Crippen LogP contribution in [0.5, 0.6) is 0 Å².